The number of rotatable bonds is 3. The quantitative estimate of drug-likeness (QED) is 0.795. The largest absolute Gasteiger partial charge is 0.416 e. The summed E-state index contributed by atoms with van der Waals surface area (Å²) in [5.41, 5.74) is -0.933. The molecule has 1 unspecified atom stereocenters. The molecule has 0 saturated carbocycles. The van der Waals surface area contributed by atoms with Gasteiger partial charge in [-0.05, 0) is 37.4 Å². The van der Waals surface area contributed by atoms with Crippen molar-refractivity contribution in [1.29, 1.82) is 0 Å². The van der Waals surface area contributed by atoms with Crippen LogP contribution in [0.5, 0.6) is 0 Å². The van der Waals surface area contributed by atoms with Crippen LogP contribution in [-0.4, -0.2) is 7.05 Å². The van der Waals surface area contributed by atoms with E-state index in [1.54, 1.807) is 19.2 Å². The minimum atomic E-state index is -4.51. The summed E-state index contributed by atoms with van der Waals surface area (Å²) < 4.78 is 52.5. The highest BCUT2D eigenvalue weighted by molar-refractivity contribution is 7.16. The molecule has 0 aliphatic rings. The first-order chi connectivity index (χ1) is 9.32. The summed E-state index contributed by atoms with van der Waals surface area (Å²) in [5.74, 6) is -0.693. The number of thiophene rings is 1. The van der Waals surface area contributed by atoms with Crippen LogP contribution in [0, 0.1) is 5.82 Å². The van der Waals surface area contributed by atoms with Gasteiger partial charge in [-0.25, -0.2) is 4.39 Å². The Hall–Kier alpha value is -1.11. The molecule has 1 aromatic carbocycles. The zero-order valence-corrected chi connectivity index (χ0v) is 11.8. The predicted molar refractivity (Wildman–Crippen MR) is 71.6 cm³/mol. The first-order valence-corrected chi connectivity index (χ1v) is 6.81. The monoisotopic (exact) mass is 323 g/mol. The Morgan fingerprint density at radius 2 is 1.90 bits per heavy atom. The van der Waals surface area contributed by atoms with Crippen LogP contribution in [0.25, 0.3) is 0 Å². The van der Waals surface area contributed by atoms with Crippen molar-refractivity contribution in [3.8, 4) is 0 Å². The third-order valence-corrected chi connectivity index (χ3v) is 4.10. The van der Waals surface area contributed by atoms with Crippen LogP contribution in [-0.2, 0) is 6.18 Å². The van der Waals surface area contributed by atoms with Crippen molar-refractivity contribution < 1.29 is 17.6 Å². The Balaban J connectivity index is 2.49. The second-order valence-corrected chi connectivity index (χ2v) is 5.84. The van der Waals surface area contributed by atoms with Gasteiger partial charge in [-0.15, -0.1) is 11.3 Å². The molecule has 2 rings (SSSR count). The molecule has 0 fully saturated rings. The highest BCUT2D eigenvalue weighted by atomic mass is 35.5. The first kappa shape index (κ1) is 15.3. The van der Waals surface area contributed by atoms with E-state index in [1.807, 2.05) is 0 Å². The smallest absolute Gasteiger partial charge is 0.309 e. The summed E-state index contributed by atoms with van der Waals surface area (Å²) in [6, 6.07) is 5.00. The Morgan fingerprint density at radius 1 is 1.20 bits per heavy atom. The molecule has 0 amide bonds. The molecule has 20 heavy (non-hydrogen) atoms. The van der Waals surface area contributed by atoms with E-state index in [2.05, 4.69) is 5.32 Å². The van der Waals surface area contributed by atoms with Crippen LogP contribution >= 0.6 is 22.9 Å². The fourth-order valence-corrected chi connectivity index (χ4v) is 3.07. The lowest BCUT2D eigenvalue weighted by molar-refractivity contribution is -0.137. The van der Waals surface area contributed by atoms with Gasteiger partial charge in [-0.3, -0.25) is 0 Å². The van der Waals surface area contributed by atoms with Gasteiger partial charge in [0.05, 0.1) is 15.9 Å². The molecule has 0 bridgehead atoms. The number of hydrogen-bond acceptors (Lipinski definition) is 2. The fourth-order valence-electron chi connectivity index (χ4n) is 1.88. The van der Waals surface area contributed by atoms with E-state index < -0.39 is 23.6 Å². The van der Waals surface area contributed by atoms with Crippen molar-refractivity contribution in [1.82, 2.24) is 5.32 Å². The average molecular weight is 324 g/mol. The van der Waals surface area contributed by atoms with Crippen LogP contribution in [0.1, 0.15) is 22.0 Å². The van der Waals surface area contributed by atoms with Crippen molar-refractivity contribution in [3.05, 3.63) is 56.5 Å². The average Bonchev–Trinajstić information content (AvgIpc) is 2.77. The lowest BCUT2D eigenvalue weighted by atomic mass is 10.0. The minimum absolute atomic E-state index is 0.0548. The van der Waals surface area contributed by atoms with Gasteiger partial charge in [-0.1, -0.05) is 11.6 Å². The van der Waals surface area contributed by atoms with Crippen molar-refractivity contribution in [2.75, 3.05) is 7.05 Å². The SMILES string of the molecule is CNC(c1ccc(Cl)s1)c1cc(C(F)(F)F)ccc1F. The van der Waals surface area contributed by atoms with Crippen LogP contribution in [0.2, 0.25) is 4.34 Å². The van der Waals surface area contributed by atoms with Crippen LogP contribution in [0.15, 0.2) is 30.3 Å². The maximum atomic E-state index is 13.9. The highest BCUT2D eigenvalue weighted by Crippen LogP contribution is 2.35. The van der Waals surface area contributed by atoms with E-state index in [0.717, 1.165) is 18.2 Å². The Morgan fingerprint density at radius 3 is 2.40 bits per heavy atom. The molecule has 0 spiro atoms. The van der Waals surface area contributed by atoms with E-state index in [0.29, 0.717) is 9.21 Å². The fraction of sp³-hybridized carbons (Fsp3) is 0.231. The Labute approximate surface area is 122 Å². The maximum Gasteiger partial charge on any atom is 0.416 e. The van der Waals surface area contributed by atoms with Crippen LogP contribution in [0.3, 0.4) is 0 Å². The van der Waals surface area contributed by atoms with E-state index in [-0.39, 0.29) is 5.56 Å². The molecule has 0 aliphatic carbocycles. The van der Waals surface area contributed by atoms with Gasteiger partial charge in [0.2, 0.25) is 0 Å². The summed E-state index contributed by atoms with van der Waals surface area (Å²) >= 11 is 7.00. The molecule has 0 aliphatic heterocycles. The molecule has 7 heteroatoms. The van der Waals surface area contributed by atoms with Crippen molar-refractivity contribution >= 4 is 22.9 Å². The van der Waals surface area contributed by atoms with Gasteiger partial charge >= 0.3 is 6.18 Å². The number of benzene rings is 1. The third-order valence-electron chi connectivity index (χ3n) is 2.80. The highest BCUT2D eigenvalue weighted by Gasteiger charge is 2.32. The summed E-state index contributed by atoms with van der Waals surface area (Å²) in [4.78, 5) is 0.649. The van der Waals surface area contributed by atoms with Gasteiger partial charge in [0.15, 0.2) is 0 Å². The van der Waals surface area contributed by atoms with Crippen molar-refractivity contribution in [2.45, 2.75) is 12.2 Å². The predicted octanol–water partition coefficient (Wildman–Crippen LogP) is 4.87. The molecule has 1 aromatic heterocycles. The Kier molecular flexibility index (Phi) is 4.36. The van der Waals surface area contributed by atoms with Gasteiger partial charge < -0.3 is 5.32 Å². The molecular formula is C13H10ClF4NS. The molecule has 1 atom stereocenters. The molecule has 1 heterocycles. The van der Waals surface area contributed by atoms with E-state index in [4.69, 9.17) is 11.6 Å². The van der Waals surface area contributed by atoms with E-state index in [9.17, 15) is 17.6 Å². The number of nitrogens with one attached hydrogen (secondary N) is 1. The lowest BCUT2D eigenvalue weighted by Gasteiger charge is -2.17. The van der Waals surface area contributed by atoms with Crippen LogP contribution in [0.4, 0.5) is 17.6 Å². The number of hydrogen-bond donors (Lipinski definition) is 1. The zero-order chi connectivity index (χ0) is 14.9. The minimum Gasteiger partial charge on any atom is -0.309 e. The number of halogens is 5. The van der Waals surface area contributed by atoms with Crippen molar-refractivity contribution in [3.63, 3.8) is 0 Å². The zero-order valence-electron chi connectivity index (χ0n) is 10.3. The normalized spacial score (nSPS) is 13.5. The third kappa shape index (κ3) is 3.13. The second kappa shape index (κ2) is 5.71. The van der Waals surface area contributed by atoms with Gasteiger partial charge in [0.1, 0.15) is 5.82 Å². The summed E-state index contributed by atoms with van der Waals surface area (Å²) in [6.07, 6.45) is -4.51. The molecule has 0 radical (unpaired) electrons. The lowest BCUT2D eigenvalue weighted by Crippen LogP contribution is -2.19. The Bertz CT molecular complexity index is 609. The van der Waals surface area contributed by atoms with Gasteiger partial charge in [0.25, 0.3) is 0 Å². The first-order valence-electron chi connectivity index (χ1n) is 5.62. The van der Waals surface area contributed by atoms with E-state index >= 15 is 0 Å². The standard InChI is InChI=1S/C13H10ClF4NS/c1-19-12(10-4-5-11(14)20-10)8-6-7(13(16,17)18)2-3-9(8)15/h2-6,12,19H,1H3. The molecular weight excluding hydrogens is 314 g/mol. The van der Waals surface area contributed by atoms with Crippen molar-refractivity contribution in [2.24, 2.45) is 0 Å². The van der Waals surface area contributed by atoms with Gasteiger partial charge in [-0.2, -0.15) is 13.2 Å². The molecule has 2 aromatic rings. The second-order valence-electron chi connectivity index (χ2n) is 4.10. The number of alkyl halides is 3. The maximum absolute atomic E-state index is 13.9. The molecule has 108 valence electrons. The molecule has 0 saturated heterocycles. The van der Waals surface area contributed by atoms with Crippen LogP contribution < -0.4 is 5.32 Å². The topological polar surface area (TPSA) is 12.0 Å². The summed E-state index contributed by atoms with van der Waals surface area (Å²) in [6.45, 7) is 0. The summed E-state index contributed by atoms with van der Waals surface area (Å²) in [7, 11) is 1.55. The van der Waals surface area contributed by atoms with E-state index in [1.165, 1.54) is 11.3 Å². The molecule has 1 N–H and O–H groups in total. The summed E-state index contributed by atoms with van der Waals surface area (Å²) in [5, 5.41) is 2.81. The molecule has 1 nitrogen and oxygen atoms in total. The van der Waals surface area contributed by atoms with Gasteiger partial charge in [0, 0.05) is 10.4 Å².